The molecule has 0 aliphatic rings. The van der Waals surface area contributed by atoms with Gasteiger partial charge in [0.2, 0.25) is 5.91 Å². The van der Waals surface area contributed by atoms with Gasteiger partial charge >= 0.3 is 0 Å². The van der Waals surface area contributed by atoms with Crippen molar-refractivity contribution in [2.24, 2.45) is 0 Å². The van der Waals surface area contributed by atoms with Gasteiger partial charge in [0.25, 0.3) is 5.69 Å². The first-order valence-electron chi connectivity index (χ1n) is 8.27. The molecule has 0 fully saturated rings. The molecule has 26 heavy (non-hydrogen) atoms. The molecule has 0 aromatic heterocycles. The molecule has 0 saturated carbocycles. The highest BCUT2D eigenvalue weighted by Gasteiger charge is 2.16. The second-order valence-corrected chi connectivity index (χ2v) is 5.93. The smallest absolute Gasteiger partial charge is 0.273 e. The minimum absolute atomic E-state index is 0.0415. The van der Waals surface area contributed by atoms with Gasteiger partial charge in [-0.25, -0.2) is 0 Å². The summed E-state index contributed by atoms with van der Waals surface area (Å²) in [6.07, 6.45) is 0.652. The molecule has 0 aliphatic heterocycles. The van der Waals surface area contributed by atoms with Gasteiger partial charge in [-0.3, -0.25) is 14.9 Å². The minimum Gasteiger partial charge on any atom is -0.326 e. The van der Waals surface area contributed by atoms with Crippen LogP contribution < -0.4 is 5.32 Å². The zero-order valence-corrected chi connectivity index (χ0v) is 14.1. The fraction of sp³-hybridized carbons (Fsp3) is 0.0952. The SMILES string of the molecule is O=C(Cc1ccccc1[N+](=O)[O-])Nc1ccccc1Cc1ccccc1. The van der Waals surface area contributed by atoms with Crippen molar-refractivity contribution < 1.29 is 9.72 Å². The second kappa shape index (κ2) is 8.07. The van der Waals surface area contributed by atoms with E-state index >= 15 is 0 Å². The van der Waals surface area contributed by atoms with Crippen molar-refractivity contribution in [3.63, 3.8) is 0 Å². The number of nitrogens with one attached hydrogen (secondary N) is 1. The molecule has 1 amide bonds. The van der Waals surface area contributed by atoms with Crippen LogP contribution in [0.4, 0.5) is 11.4 Å². The molecular weight excluding hydrogens is 328 g/mol. The summed E-state index contributed by atoms with van der Waals surface area (Å²) in [6.45, 7) is 0. The second-order valence-electron chi connectivity index (χ2n) is 5.93. The normalized spacial score (nSPS) is 10.3. The number of nitro groups is 1. The Kier molecular flexibility index (Phi) is 5.39. The fourth-order valence-electron chi connectivity index (χ4n) is 2.82. The van der Waals surface area contributed by atoms with E-state index in [-0.39, 0.29) is 18.0 Å². The highest BCUT2D eigenvalue weighted by molar-refractivity contribution is 5.93. The fourth-order valence-corrected chi connectivity index (χ4v) is 2.82. The van der Waals surface area contributed by atoms with Gasteiger partial charge in [-0.05, 0) is 23.6 Å². The average Bonchev–Trinajstić information content (AvgIpc) is 2.64. The largest absolute Gasteiger partial charge is 0.326 e. The number of nitrogens with zero attached hydrogens (tertiary/aromatic N) is 1. The van der Waals surface area contributed by atoms with E-state index in [2.05, 4.69) is 5.32 Å². The van der Waals surface area contributed by atoms with E-state index < -0.39 is 4.92 Å². The predicted octanol–water partition coefficient (Wildman–Crippen LogP) is 4.37. The van der Waals surface area contributed by atoms with Gasteiger partial charge in [-0.2, -0.15) is 0 Å². The summed E-state index contributed by atoms with van der Waals surface area (Å²) in [5.41, 5.74) is 3.22. The maximum Gasteiger partial charge on any atom is 0.273 e. The lowest BCUT2D eigenvalue weighted by molar-refractivity contribution is -0.385. The van der Waals surface area contributed by atoms with Gasteiger partial charge in [0.05, 0.1) is 11.3 Å². The van der Waals surface area contributed by atoms with E-state index in [1.54, 1.807) is 18.2 Å². The van der Waals surface area contributed by atoms with Crippen molar-refractivity contribution in [1.29, 1.82) is 0 Å². The molecule has 5 heteroatoms. The van der Waals surface area contributed by atoms with E-state index in [9.17, 15) is 14.9 Å². The summed E-state index contributed by atoms with van der Waals surface area (Å²) < 4.78 is 0. The molecule has 0 spiro atoms. The number of anilines is 1. The number of carbonyl (C=O) groups is 1. The van der Waals surface area contributed by atoms with Gasteiger partial charge in [0.15, 0.2) is 0 Å². The highest BCUT2D eigenvalue weighted by atomic mass is 16.6. The number of benzene rings is 3. The predicted molar refractivity (Wildman–Crippen MR) is 101 cm³/mol. The van der Waals surface area contributed by atoms with E-state index in [1.165, 1.54) is 6.07 Å². The van der Waals surface area contributed by atoms with Crippen molar-refractivity contribution in [3.8, 4) is 0 Å². The van der Waals surface area contributed by atoms with Gasteiger partial charge in [0, 0.05) is 17.3 Å². The number of hydrogen-bond donors (Lipinski definition) is 1. The molecule has 0 atom stereocenters. The quantitative estimate of drug-likeness (QED) is 0.532. The molecule has 0 saturated heterocycles. The van der Waals surface area contributed by atoms with Crippen LogP contribution in [0.1, 0.15) is 16.7 Å². The summed E-state index contributed by atoms with van der Waals surface area (Å²) in [5.74, 6) is -0.278. The van der Waals surface area contributed by atoms with Crippen molar-refractivity contribution in [1.82, 2.24) is 0 Å². The van der Waals surface area contributed by atoms with Crippen molar-refractivity contribution in [3.05, 3.63) is 106 Å². The summed E-state index contributed by atoms with van der Waals surface area (Å²) in [4.78, 5) is 23.1. The standard InChI is InChI=1S/C21H18N2O3/c24-21(15-18-11-5-7-13-20(18)23(25)26)22-19-12-6-4-10-17(19)14-16-8-2-1-3-9-16/h1-13H,14-15H2,(H,22,24). The summed E-state index contributed by atoms with van der Waals surface area (Å²) in [6, 6.07) is 23.9. The van der Waals surface area contributed by atoms with Gasteiger partial charge in [-0.15, -0.1) is 0 Å². The Balaban J connectivity index is 1.75. The molecule has 0 bridgehead atoms. The summed E-state index contributed by atoms with van der Waals surface area (Å²) in [7, 11) is 0. The average molecular weight is 346 g/mol. The monoisotopic (exact) mass is 346 g/mol. The molecule has 3 rings (SSSR count). The number of rotatable bonds is 6. The third-order valence-corrected chi connectivity index (χ3v) is 4.07. The van der Waals surface area contributed by atoms with Crippen molar-refractivity contribution >= 4 is 17.3 Å². The Labute approximate surface area is 151 Å². The van der Waals surface area contributed by atoms with Gasteiger partial charge < -0.3 is 5.32 Å². The lowest BCUT2D eigenvalue weighted by atomic mass is 10.0. The topological polar surface area (TPSA) is 72.2 Å². The Bertz CT molecular complexity index is 923. The number of carbonyl (C=O) groups excluding carboxylic acids is 1. The molecule has 0 aliphatic carbocycles. The highest BCUT2D eigenvalue weighted by Crippen LogP contribution is 2.21. The summed E-state index contributed by atoms with van der Waals surface area (Å²) >= 11 is 0. The van der Waals surface area contributed by atoms with Crippen molar-refractivity contribution in [2.45, 2.75) is 12.8 Å². The number of hydrogen-bond acceptors (Lipinski definition) is 3. The first kappa shape index (κ1) is 17.4. The number of amides is 1. The molecule has 3 aromatic rings. The van der Waals surface area contributed by atoms with Crippen LogP contribution >= 0.6 is 0 Å². The lowest BCUT2D eigenvalue weighted by Crippen LogP contribution is -2.16. The van der Waals surface area contributed by atoms with Crippen LogP contribution in [0.3, 0.4) is 0 Å². The third kappa shape index (κ3) is 4.33. The van der Waals surface area contributed by atoms with Crippen LogP contribution in [0.2, 0.25) is 0 Å². The first-order chi connectivity index (χ1) is 12.6. The Hall–Kier alpha value is -3.47. The van der Waals surface area contributed by atoms with E-state index in [1.807, 2.05) is 54.6 Å². The zero-order chi connectivity index (χ0) is 18.4. The molecule has 5 nitrogen and oxygen atoms in total. The third-order valence-electron chi connectivity index (χ3n) is 4.07. The molecule has 3 aromatic carbocycles. The molecule has 130 valence electrons. The van der Waals surface area contributed by atoms with E-state index in [0.29, 0.717) is 12.0 Å². The van der Waals surface area contributed by atoms with Crippen LogP contribution in [0.5, 0.6) is 0 Å². The number of para-hydroxylation sites is 2. The van der Waals surface area contributed by atoms with Crippen LogP contribution in [-0.2, 0) is 17.6 Å². The Morgan fingerprint density at radius 1 is 0.846 bits per heavy atom. The molecule has 0 heterocycles. The van der Waals surface area contributed by atoms with Gasteiger partial charge in [0.1, 0.15) is 0 Å². The Morgan fingerprint density at radius 3 is 2.19 bits per heavy atom. The van der Waals surface area contributed by atoms with E-state index in [0.717, 1.165) is 16.8 Å². The molecule has 0 radical (unpaired) electrons. The maximum absolute atomic E-state index is 12.4. The van der Waals surface area contributed by atoms with Crippen LogP contribution in [0.15, 0.2) is 78.9 Å². The number of nitro benzene ring substituents is 1. The van der Waals surface area contributed by atoms with Crippen LogP contribution in [0.25, 0.3) is 0 Å². The molecule has 0 unspecified atom stereocenters. The maximum atomic E-state index is 12.4. The molecular formula is C21H18N2O3. The first-order valence-corrected chi connectivity index (χ1v) is 8.27. The lowest BCUT2D eigenvalue weighted by Gasteiger charge is -2.11. The minimum atomic E-state index is -0.466. The van der Waals surface area contributed by atoms with Crippen molar-refractivity contribution in [2.75, 3.05) is 5.32 Å². The van der Waals surface area contributed by atoms with E-state index in [4.69, 9.17) is 0 Å². The summed E-state index contributed by atoms with van der Waals surface area (Å²) in [5, 5.41) is 14.0. The Morgan fingerprint density at radius 2 is 1.46 bits per heavy atom. The zero-order valence-electron chi connectivity index (χ0n) is 14.1. The van der Waals surface area contributed by atoms with Crippen LogP contribution in [-0.4, -0.2) is 10.8 Å². The van der Waals surface area contributed by atoms with Gasteiger partial charge in [-0.1, -0.05) is 66.7 Å². The molecule has 1 N–H and O–H groups in total. The van der Waals surface area contributed by atoms with Crippen LogP contribution in [0, 0.1) is 10.1 Å².